The fraction of sp³-hybridized carbons (Fsp3) is 0.212. The minimum Gasteiger partial charge on any atom is -0.491 e. The van der Waals surface area contributed by atoms with Crippen LogP contribution in [-0.2, 0) is 37.2 Å². The lowest BCUT2D eigenvalue weighted by molar-refractivity contribution is -0.139. The molecule has 0 radical (unpaired) electrons. The average molecular weight is 603 g/mol. The van der Waals surface area contributed by atoms with Crippen molar-refractivity contribution in [3.05, 3.63) is 114 Å². The van der Waals surface area contributed by atoms with Crippen molar-refractivity contribution < 1.29 is 31.9 Å². The first kappa shape index (κ1) is 29.8. The first-order valence-electron chi connectivity index (χ1n) is 13.7. The number of methoxy groups -OCH3 is 1. The van der Waals surface area contributed by atoms with Crippen LogP contribution in [0.3, 0.4) is 0 Å². The van der Waals surface area contributed by atoms with Gasteiger partial charge in [0.1, 0.15) is 24.2 Å². The van der Waals surface area contributed by atoms with Crippen molar-refractivity contribution in [2.45, 2.75) is 30.7 Å². The summed E-state index contributed by atoms with van der Waals surface area (Å²) in [5, 5.41) is 2.80. The van der Waals surface area contributed by atoms with Gasteiger partial charge >= 0.3 is 5.97 Å². The number of rotatable bonds is 10. The van der Waals surface area contributed by atoms with Crippen molar-refractivity contribution in [3.8, 4) is 16.9 Å². The molecule has 1 aliphatic rings. The molecule has 0 aromatic heterocycles. The Morgan fingerprint density at radius 1 is 0.977 bits per heavy atom. The lowest BCUT2D eigenvalue weighted by Gasteiger charge is -2.26. The highest BCUT2D eigenvalue weighted by Crippen LogP contribution is 2.37. The molecule has 0 bridgehead atoms. The van der Waals surface area contributed by atoms with Gasteiger partial charge < -0.3 is 14.8 Å². The van der Waals surface area contributed by atoms with E-state index in [2.05, 4.69) is 5.32 Å². The van der Waals surface area contributed by atoms with Gasteiger partial charge in [-0.25, -0.2) is 12.8 Å². The molecule has 1 aliphatic heterocycles. The number of ether oxygens (including phenoxy) is 2. The summed E-state index contributed by atoms with van der Waals surface area (Å²) in [4.78, 5) is 25.2. The standard InChI is InChI=1S/C33H31FN2O6S/c1-22-19-26(34)13-16-28(22)23-11-14-27(15-12-23)43(39,40)36-29-9-5-3-7-24(29)20-30(36)33(38)35-17-18-42-31-10-6-4-8-25(31)21-32(37)41-2/h3-16,19,30H,17-18,20-21H2,1-2H3,(H,35,38)/t30-/m0/s1. The number of anilines is 1. The number of hydrogen-bond donors (Lipinski definition) is 1. The van der Waals surface area contributed by atoms with Crippen LogP contribution in [0.15, 0.2) is 95.9 Å². The Morgan fingerprint density at radius 2 is 1.70 bits per heavy atom. The summed E-state index contributed by atoms with van der Waals surface area (Å²) in [6.07, 6.45) is 0.271. The molecule has 0 fully saturated rings. The molecule has 222 valence electrons. The summed E-state index contributed by atoms with van der Waals surface area (Å²) in [7, 11) is -2.80. The van der Waals surface area contributed by atoms with Crippen LogP contribution in [0, 0.1) is 12.7 Å². The first-order chi connectivity index (χ1) is 20.7. The van der Waals surface area contributed by atoms with E-state index in [0.29, 0.717) is 17.0 Å². The maximum absolute atomic E-state index is 14.0. The number of fused-ring (bicyclic) bond motifs is 1. The fourth-order valence-corrected chi connectivity index (χ4v) is 6.85. The predicted molar refractivity (Wildman–Crippen MR) is 161 cm³/mol. The molecule has 1 N–H and O–H groups in total. The minimum atomic E-state index is -4.12. The third kappa shape index (κ3) is 6.39. The van der Waals surface area contributed by atoms with Crippen molar-refractivity contribution in [1.82, 2.24) is 5.32 Å². The van der Waals surface area contributed by atoms with Gasteiger partial charge in [0, 0.05) is 12.0 Å². The van der Waals surface area contributed by atoms with Gasteiger partial charge in [0.15, 0.2) is 0 Å². The van der Waals surface area contributed by atoms with Crippen LogP contribution in [0.4, 0.5) is 10.1 Å². The third-order valence-corrected chi connectivity index (χ3v) is 9.17. The smallest absolute Gasteiger partial charge is 0.310 e. The zero-order chi connectivity index (χ0) is 30.6. The van der Waals surface area contributed by atoms with Crippen LogP contribution in [0.5, 0.6) is 5.75 Å². The molecule has 0 unspecified atom stereocenters. The first-order valence-corrected chi connectivity index (χ1v) is 15.2. The van der Waals surface area contributed by atoms with E-state index < -0.39 is 27.9 Å². The maximum atomic E-state index is 14.0. The quantitative estimate of drug-likeness (QED) is 0.206. The highest BCUT2D eigenvalue weighted by molar-refractivity contribution is 7.93. The van der Waals surface area contributed by atoms with Gasteiger partial charge in [-0.1, -0.05) is 54.6 Å². The number of aryl methyl sites for hydroxylation is 1. The molecule has 43 heavy (non-hydrogen) atoms. The summed E-state index contributed by atoms with van der Waals surface area (Å²) < 4.78 is 53.3. The SMILES string of the molecule is COC(=O)Cc1ccccc1OCCNC(=O)[C@@H]1Cc2ccccc2N1S(=O)(=O)c1ccc(-c2ccc(F)cc2C)cc1. The molecule has 0 saturated heterocycles. The van der Waals surface area contributed by atoms with Crippen LogP contribution >= 0.6 is 0 Å². The molecule has 10 heteroatoms. The Balaban J connectivity index is 1.31. The van der Waals surface area contributed by atoms with Crippen LogP contribution in [0.25, 0.3) is 11.1 Å². The largest absolute Gasteiger partial charge is 0.491 e. The van der Waals surface area contributed by atoms with Gasteiger partial charge in [-0.3, -0.25) is 13.9 Å². The van der Waals surface area contributed by atoms with Gasteiger partial charge in [0.05, 0.1) is 30.7 Å². The highest BCUT2D eigenvalue weighted by atomic mass is 32.2. The molecule has 1 atom stereocenters. The van der Waals surface area contributed by atoms with Crippen molar-refractivity contribution in [3.63, 3.8) is 0 Å². The topological polar surface area (TPSA) is 102 Å². The van der Waals surface area contributed by atoms with Gasteiger partial charge in [0.25, 0.3) is 10.0 Å². The normalized spacial score (nSPS) is 14.2. The van der Waals surface area contributed by atoms with Crippen LogP contribution in [-0.4, -0.2) is 46.6 Å². The molecule has 4 aromatic rings. The van der Waals surface area contributed by atoms with E-state index in [1.807, 2.05) is 12.1 Å². The Hall–Kier alpha value is -4.70. The lowest BCUT2D eigenvalue weighted by Crippen LogP contribution is -2.48. The second kappa shape index (κ2) is 12.7. The number of hydrogen-bond acceptors (Lipinski definition) is 6. The Bertz CT molecular complexity index is 1760. The number of sulfonamides is 1. The number of benzene rings is 4. The number of carbonyl (C=O) groups excluding carboxylic acids is 2. The Labute approximate surface area is 250 Å². The number of nitrogens with one attached hydrogen (secondary N) is 1. The van der Waals surface area contributed by atoms with E-state index in [1.54, 1.807) is 61.5 Å². The number of carbonyl (C=O) groups is 2. The summed E-state index contributed by atoms with van der Waals surface area (Å²) in [5.74, 6) is -0.692. The summed E-state index contributed by atoms with van der Waals surface area (Å²) >= 11 is 0. The number of esters is 1. The van der Waals surface area contributed by atoms with Crippen LogP contribution in [0.2, 0.25) is 0 Å². The molecule has 0 saturated carbocycles. The lowest BCUT2D eigenvalue weighted by atomic mass is 10.0. The summed E-state index contributed by atoms with van der Waals surface area (Å²) in [6, 6.07) is 23.9. The van der Waals surface area contributed by atoms with Crippen LogP contribution in [0.1, 0.15) is 16.7 Å². The number of amides is 1. The van der Waals surface area contributed by atoms with E-state index in [9.17, 15) is 22.4 Å². The molecule has 4 aromatic carbocycles. The molecule has 1 heterocycles. The monoisotopic (exact) mass is 602 g/mol. The summed E-state index contributed by atoms with van der Waals surface area (Å²) in [6.45, 7) is 2.03. The van der Waals surface area contributed by atoms with Gasteiger partial charge in [0.2, 0.25) is 5.91 Å². The van der Waals surface area contributed by atoms with Crippen molar-refractivity contribution in [2.24, 2.45) is 0 Å². The van der Waals surface area contributed by atoms with E-state index in [4.69, 9.17) is 9.47 Å². The Kier molecular flexibility index (Phi) is 8.77. The van der Waals surface area contributed by atoms with Crippen LogP contribution < -0.4 is 14.4 Å². The van der Waals surface area contributed by atoms with Crippen molar-refractivity contribution >= 4 is 27.6 Å². The third-order valence-electron chi connectivity index (χ3n) is 7.33. The molecule has 0 aliphatic carbocycles. The molecule has 5 rings (SSSR count). The van der Waals surface area contributed by atoms with Crippen molar-refractivity contribution in [2.75, 3.05) is 24.6 Å². The maximum Gasteiger partial charge on any atom is 0.310 e. The minimum absolute atomic E-state index is 0.0380. The highest BCUT2D eigenvalue weighted by Gasteiger charge is 2.42. The number of para-hydroxylation sites is 2. The zero-order valence-electron chi connectivity index (χ0n) is 23.7. The number of nitrogens with zero attached hydrogens (tertiary/aromatic N) is 1. The van der Waals surface area contributed by atoms with E-state index >= 15 is 0 Å². The second-order valence-corrected chi connectivity index (χ2v) is 11.9. The van der Waals surface area contributed by atoms with Gasteiger partial charge in [-0.05, 0) is 65.6 Å². The number of halogens is 1. The fourth-order valence-electron chi connectivity index (χ4n) is 5.20. The average Bonchev–Trinajstić information content (AvgIpc) is 3.41. The van der Waals surface area contributed by atoms with Gasteiger partial charge in [-0.2, -0.15) is 0 Å². The molecular weight excluding hydrogens is 571 g/mol. The molecule has 0 spiro atoms. The van der Waals surface area contributed by atoms with E-state index in [0.717, 1.165) is 22.3 Å². The van der Waals surface area contributed by atoms with E-state index in [1.165, 1.54) is 35.7 Å². The zero-order valence-corrected chi connectivity index (χ0v) is 24.6. The molecule has 1 amide bonds. The van der Waals surface area contributed by atoms with Crippen molar-refractivity contribution in [1.29, 1.82) is 0 Å². The summed E-state index contributed by atoms with van der Waals surface area (Å²) in [5.41, 5.74) is 4.14. The second-order valence-electron chi connectivity index (χ2n) is 10.1. The molecule has 8 nitrogen and oxygen atoms in total. The predicted octanol–water partition coefficient (Wildman–Crippen LogP) is 4.83. The Morgan fingerprint density at radius 3 is 2.44 bits per heavy atom. The van der Waals surface area contributed by atoms with E-state index in [-0.39, 0.29) is 36.7 Å². The molecular formula is C33H31FN2O6S. The van der Waals surface area contributed by atoms with Gasteiger partial charge in [-0.15, -0.1) is 0 Å².